The van der Waals surface area contributed by atoms with Crippen molar-refractivity contribution in [3.8, 4) is 11.5 Å². The Bertz CT molecular complexity index is 810. The van der Waals surface area contributed by atoms with Crippen LogP contribution in [-0.2, 0) is 6.18 Å². The fraction of sp³-hybridized carbons (Fsp3) is 0.579. The molecule has 28 heavy (non-hydrogen) atoms. The fourth-order valence-electron chi connectivity index (χ4n) is 3.17. The third kappa shape index (κ3) is 4.51. The fourth-order valence-corrected chi connectivity index (χ4v) is 3.17. The van der Waals surface area contributed by atoms with Gasteiger partial charge in [-0.05, 0) is 63.5 Å². The van der Waals surface area contributed by atoms with Crippen molar-refractivity contribution < 1.29 is 13.2 Å². The molecule has 2 atom stereocenters. The van der Waals surface area contributed by atoms with Crippen molar-refractivity contribution in [3.63, 3.8) is 0 Å². The summed E-state index contributed by atoms with van der Waals surface area (Å²) in [6.45, 7) is 4.12. The zero-order valence-electron chi connectivity index (χ0n) is 15.8. The molecule has 0 saturated heterocycles. The lowest BCUT2D eigenvalue weighted by Gasteiger charge is -2.17. The van der Waals surface area contributed by atoms with E-state index in [-0.39, 0.29) is 23.6 Å². The van der Waals surface area contributed by atoms with Gasteiger partial charge in [0.2, 0.25) is 11.9 Å². The van der Waals surface area contributed by atoms with Gasteiger partial charge in [-0.1, -0.05) is 6.07 Å². The second-order valence-electron chi connectivity index (χ2n) is 7.75. The molecule has 150 valence electrons. The number of halogens is 3. The van der Waals surface area contributed by atoms with Crippen LogP contribution < -0.4 is 10.6 Å². The number of aromatic nitrogens is 4. The van der Waals surface area contributed by atoms with Gasteiger partial charge < -0.3 is 10.6 Å². The Morgan fingerprint density at radius 3 is 1.86 bits per heavy atom. The van der Waals surface area contributed by atoms with E-state index in [0.29, 0.717) is 23.7 Å². The summed E-state index contributed by atoms with van der Waals surface area (Å²) in [7, 11) is 0. The molecule has 2 heterocycles. The molecule has 2 saturated carbocycles. The Balaban J connectivity index is 1.66. The molecule has 2 aliphatic rings. The predicted octanol–water partition coefficient (Wildman–Crippen LogP) is 4.37. The molecule has 2 fully saturated rings. The van der Waals surface area contributed by atoms with Crippen molar-refractivity contribution in [2.45, 2.75) is 57.8 Å². The number of anilines is 2. The summed E-state index contributed by atoms with van der Waals surface area (Å²) in [5.74, 6) is 1.99. The van der Waals surface area contributed by atoms with Crippen molar-refractivity contribution in [2.24, 2.45) is 11.8 Å². The zero-order valence-corrected chi connectivity index (χ0v) is 15.8. The molecule has 0 aliphatic heterocycles. The predicted molar refractivity (Wildman–Crippen MR) is 99.7 cm³/mol. The lowest BCUT2D eigenvalue weighted by atomic mass is 10.2. The zero-order chi connectivity index (χ0) is 19.9. The van der Waals surface area contributed by atoms with Crippen LogP contribution in [0.1, 0.15) is 45.2 Å². The third-order valence-corrected chi connectivity index (χ3v) is 5.28. The van der Waals surface area contributed by atoms with E-state index in [0.717, 1.165) is 31.7 Å². The standard InChI is InChI=1S/C19H23F3N6/c1-10(12-6-7-12)23-17-26-16(14-4-3-5-15(25-14)19(20,21)22)27-18(28-17)24-11(2)13-8-9-13/h3-5,10-13H,6-9H2,1-2H3,(H2,23,24,26,27,28)/t10-,11-/m1/s1. The molecule has 2 N–H and O–H groups in total. The van der Waals surface area contributed by atoms with Gasteiger partial charge in [0.15, 0.2) is 5.82 Å². The highest BCUT2D eigenvalue weighted by atomic mass is 19.4. The van der Waals surface area contributed by atoms with Gasteiger partial charge in [0, 0.05) is 12.1 Å². The number of nitrogens with one attached hydrogen (secondary N) is 2. The monoisotopic (exact) mass is 392 g/mol. The molecule has 6 nitrogen and oxygen atoms in total. The first-order chi connectivity index (χ1) is 13.3. The Hall–Kier alpha value is -2.45. The Kier molecular flexibility index (Phi) is 4.84. The second kappa shape index (κ2) is 7.18. The van der Waals surface area contributed by atoms with E-state index in [2.05, 4.69) is 44.4 Å². The lowest BCUT2D eigenvalue weighted by molar-refractivity contribution is -0.141. The van der Waals surface area contributed by atoms with Crippen molar-refractivity contribution in [3.05, 3.63) is 23.9 Å². The van der Waals surface area contributed by atoms with Crippen LogP contribution in [0.5, 0.6) is 0 Å². The Morgan fingerprint density at radius 1 is 0.857 bits per heavy atom. The quantitative estimate of drug-likeness (QED) is 0.729. The van der Waals surface area contributed by atoms with Gasteiger partial charge in [0.05, 0.1) is 0 Å². The first-order valence-electron chi connectivity index (χ1n) is 9.63. The molecular weight excluding hydrogens is 369 g/mol. The molecule has 4 rings (SSSR count). The van der Waals surface area contributed by atoms with Gasteiger partial charge in [-0.2, -0.15) is 28.1 Å². The number of nitrogens with zero attached hydrogens (tertiary/aromatic N) is 4. The topological polar surface area (TPSA) is 75.6 Å². The minimum Gasteiger partial charge on any atom is -0.351 e. The van der Waals surface area contributed by atoms with E-state index < -0.39 is 11.9 Å². The highest BCUT2D eigenvalue weighted by Gasteiger charge is 2.33. The first-order valence-corrected chi connectivity index (χ1v) is 9.63. The average Bonchev–Trinajstić information content (AvgIpc) is 3.53. The normalized spacial score (nSPS) is 19.2. The number of hydrogen-bond acceptors (Lipinski definition) is 6. The lowest BCUT2D eigenvalue weighted by Crippen LogP contribution is -2.23. The van der Waals surface area contributed by atoms with Crippen molar-refractivity contribution in [1.29, 1.82) is 0 Å². The summed E-state index contributed by atoms with van der Waals surface area (Å²) < 4.78 is 39.1. The van der Waals surface area contributed by atoms with Gasteiger partial charge >= 0.3 is 6.18 Å². The highest BCUT2D eigenvalue weighted by Crippen LogP contribution is 2.35. The van der Waals surface area contributed by atoms with Crippen molar-refractivity contribution in [1.82, 2.24) is 19.9 Å². The molecule has 0 amide bonds. The summed E-state index contributed by atoms with van der Waals surface area (Å²) in [6.07, 6.45) is 0.110. The number of pyridine rings is 1. The largest absolute Gasteiger partial charge is 0.433 e. The van der Waals surface area contributed by atoms with Crippen molar-refractivity contribution >= 4 is 11.9 Å². The maximum absolute atomic E-state index is 13.0. The molecule has 0 bridgehead atoms. The van der Waals surface area contributed by atoms with E-state index >= 15 is 0 Å². The van der Waals surface area contributed by atoms with Crippen LogP contribution in [0.25, 0.3) is 11.5 Å². The maximum Gasteiger partial charge on any atom is 0.433 e. The number of hydrogen-bond donors (Lipinski definition) is 2. The first kappa shape index (κ1) is 18.9. The molecule has 0 unspecified atom stereocenters. The summed E-state index contributed by atoms with van der Waals surface area (Å²) >= 11 is 0. The molecule has 2 aliphatic carbocycles. The van der Waals surface area contributed by atoms with Crippen LogP contribution in [0.2, 0.25) is 0 Å². The molecule has 0 spiro atoms. The number of alkyl halides is 3. The van der Waals surface area contributed by atoms with E-state index in [1.807, 2.05) is 0 Å². The summed E-state index contributed by atoms with van der Waals surface area (Å²) in [5, 5.41) is 6.53. The van der Waals surface area contributed by atoms with Crippen LogP contribution in [0.15, 0.2) is 18.2 Å². The molecule has 0 aromatic carbocycles. The summed E-state index contributed by atoms with van der Waals surface area (Å²) in [5.41, 5.74) is -0.895. The van der Waals surface area contributed by atoms with Gasteiger partial charge in [-0.3, -0.25) is 0 Å². The van der Waals surface area contributed by atoms with Crippen LogP contribution in [0.4, 0.5) is 25.1 Å². The number of rotatable bonds is 7. The van der Waals surface area contributed by atoms with E-state index in [1.54, 1.807) is 0 Å². The molecule has 0 radical (unpaired) electrons. The van der Waals surface area contributed by atoms with Gasteiger partial charge in [0.1, 0.15) is 11.4 Å². The third-order valence-electron chi connectivity index (χ3n) is 5.28. The van der Waals surface area contributed by atoms with E-state index in [4.69, 9.17) is 0 Å². The van der Waals surface area contributed by atoms with Crippen LogP contribution in [0.3, 0.4) is 0 Å². The summed E-state index contributed by atoms with van der Waals surface area (Å²) in [4.78, 5) is 16.8. The van der Waals surface area contributed by atoms with Crippen LogP contribution in [0, 0.1) is 11.8 Å². The minimum absolute atomic E-state index is 0.0708. The van der Waals surface area contributed by atoms with Crippen LogP contribution in [-0.4, -0.2) is 32.0 Å². The van der Waals surface area contributed by atoms with Gasteiger partial charge in [-0.25, -0.2) is 4.98 Å². The minimum atomic E-state index is -4.52. The highest BCUT2D eigenvalue weighted by molar-refractivity contribution is 5.54. The van der Waals surface area contributed by atoms with Crippen molar-refractivity contribution in [2.75, 3.05) is 10.6 Å². The maximum atomic E-state index is 13.0. The second-order valence-corrected chi connectivity index (χ2v) is 7.75. The van der Waals surface area contributed by atoms with E-state index in [1.165, 1.54) is 12.1 Å². The Labute approximate surface area is 161 Å². The molecule has 2 aromatic rings. The SMILES string of the molecule is C[C@@H](Nc1nc(N[C@H](C)C2CC2)nc(-c2cccc(C(F)(F)F)n2)n1)C1CC1. The summed E-state index contributed by atoms with van der Waals surface area (Å²) in [6, 6.07) is 4.12. The molecule has 2 aromatic heterocycles. The smallest absolute Gasteiger partial charge is 0.351 e. The Morgan fingerprint density at radius 2 is 1.39 bits per heavy atom. The van der Waals surface area contributed by atoms with Gasteiger partial charge in [0.25, 0.3) is 0 Å². The average molecular weight is 392 g/mol. The molecular formula is C19H23F3N6. The van der Waals surface area contributed by atoms with Gasteiger partial charge in [-0.15, -0.1) is 0 Å². The van der Waals surface area contributed by atoms with Crippen LogP contribution >= 0.6 is 0 Å². The van der Waals surface area contributed by atoms with E-state index in [9.17, 15) is 13.2 Å². The molecule has 9 heteroatoms.